The van der Waals surface area contributed by atoms with Gasteiger partial charge in [0.1, 0.15) is 11.5 Å². The van der Waals surface area contributed by atoms with E-state index in [2.05, 4.69) is 14.6 Å². The van der Waals surface area contributed by atoms with Gasteiger partial charge in [0.25, 0.3) is 0 Å². The number of anilines is 1. The van der Waals surface area contributed by atoms with E-state index < -0.39 is 5.54 Å². The number of nitrogens with one attached hydrogen (secondary N) is 1. The molecule has 3 aliphatic rings. The zero-order valence-corrected chi connectivity index (χ0v) is 14.4. The van der Waals surface area contributed by atoms with Gasteiger partial charge >= 0.3 is 0 Å². The second kappa shape index (κ2) is 5.26. The van der Waals surface area contributed by atoms with Crippen LogP contribution in [-0.4, -0.2) is 52.8 Å². The van der Waals surface area contributed by atoms with E-state index in [9.17, 15) is 0 Å². The summed E-state index contributed by atoms with van der Waals surface area (Å²) in [6.07, 6.45) is 4.25. The lowest BCUT2D eigenvalue weighted by molar-refractivity contribution is 0.0682. The first kappa shape index (κ1) is 14.1. The molecule has 0 amide bonds. The Kier molecular flexibility index (Phi) is 3.52. The van der Waals surface area contributed by atoms with Crippen LogP contribution >= 0.6 is 16.9 Å². The molecule has 0 radical (unpaired) electrons. The van der Waals surface area contributed by atoms with Gasteiger partial charge in [0.2, 0.25) is 0 Å². The van der Waals surface area contributed by atoms with Crippen molar-refractivity contribution in [3.63, 3.8) is 0 Å². The maximum absolute atomic E-state index is 5.75. The number of imidazole rings is 1. The van der Waals surface area contributed by atoms with E-state index >= 15 is 0 Å². The second-order valence-electron chi connectivity index (χ2n) is 5.32. The lowest BCUT2D eigenvalue weighted by Gasteiger charge is -2.34. The summed E-state index contributed by atoms with van der Waals surface area (Å²) in [4.78, 5) is 7.09. The van der Waals surface area contributed by atoms with Gasteiger partial charge in [-0.05, 0) is 24.5 Å². The fraction of sp³-hybridized carbons (Fsp3) is 0.667. The average molecular weight is 343 g/mol. The number of morpholine rings is 1. The minimum absolute atomic E-state index is 0.755. The van der Waals surface area contributed by atoms with Gasteiger partial charge < -0.3 is 19.3 Å². The molecule has 1 fully saturated rings. The third kappa shape index (κ3) is 2.32. The van der Waals surface area contributed by atoms with Crippen molar-refractivity contribution in [3.8, 4) is 0 Å². The summed E-state index contributed by atoms with van der Waals surface area (Å²) in [5, 5.41) is 3.43. The van der Waals surface area contributed by atoms with Crippen molar-refractivity contribution in [2.45, 2.75) is 19.4 Å². The maximum atomic E-state index is 5.75. The number of ether oxygens (including phenoxy) is 1. The summed E-state index contributed by atoms with van der Waals surface area (Å²) in [6.45, 7) is 4.30. The van der Waals surface area contributed by atoms with Gasteiger partial charge in [0, 0.05) is 26.1 Å². The number of amidine groups is 1. The van der Waals surface area contributed by atoms with Crippen LogP contribution in [0.15, 0.2) is 4.76 Å². The minimum Gasteiger partial charge on any atom is -0.378 e. The van der Waals surface area contributed by atoms with E-state index in [1.165, 1.54) is 6.42 Å². The molecule has 0 bridgehead atoms. The van der Waals surface area contributed by atoms with Crippen molar-refractivity contribution >= 4 is 40.4 Å². The van der Waals surface area contributed by atoms with Crippen LogP contribution in [0, 0.1) is 0 Å². The summed E-state index contributed by atoms with van der Waals surface area (Å²) >= 11 is 7.39. The Morgan fingerprint density at radius 3 is 2.90 bits per heavy atom. The van der Waals surface area contributed by atoms with Crippen LogP contribution < -0.4 is 5.09 Å². The van der Waals surface area contributed by atoms with E-state index in [4.69, 9.17) is 26.3 Å². The number of rotatable bonds is 1. The lowest BCUT2D eigenvalue weighted by atomic mass is 10.3. The summed E-state index contributed by atoms with van der Waals surface area (Å²) in [7, 11) is 0. The number of hydrogen-bond acceptors (Lipinski definition) is 5. The van der Waals surface area contributed by atoms with Gasteiger partial charge in [-0.25, -0.2) is 9.75 Å². The lowest BCUT2D eigenvalue weighted by Crippen LogP contribution is -2.42. The summed E-state index contributed by atoms with van der Waals surface area (Å²) in [6, 6.07) is 0. The van der Waals surface area contributed by atoms with Gasteiger partial charge in [-0.1, -0.05) is 11.4 Å². The normalized spacial score (nSPS) is 27.9. The molecule has 0 spiro atoms. The predicted molar refractivity (Wildman–Crippen MR) is 90.9 cm³/mol. The van der Waals surface area contributed by atoms with Crippen LogP contribution in [0.25, 0.3) is 0 Å². The molecule has 1 atom stereocenters. The third-order valence-electron chi connectivity index (χ3n) is 4.07. The Balaban J connectivity index is 1.83. The average Bonchev–Trinajstić information content (AvgIpc) is 3.07. The fourth-order valence-corrected chi connectivity index (χ4v) is 5.66. The van der Waals surface area contributed by atoms with E-state index in [1.807, 2.05) is 6.26 Å². The smallest absolute Gasteiger partial charge is 0.198 e. The van der Waals surface area contributed by atoms with Gasteiger partial charge in [0.15, 0.2) is 17.2 Å². The van der Waals surface area contributed by atoms with Crippen molar-refractivity contribution in [3.05, 3.63) is 11.5 Å². The third-order valence-corrected chi connectivity index (χ3v) is 9.38. The molecule has 4 rings (SSSR count). The van der Waals surface area contributed by atoms with Crippen LogP contribution in [0.3, 0.4) is 0 Å². The number of aryl methyl sites for hydroxylation is 1. The van der Waals surface area contributed by atoms with Crippen molar-refractivity contribution in [2.75, 3.05) is 37.6 Å². The van der Waals surface area contributed by atoms with Crippen molar-refractivity contribution in [2.24, 2.45) is 4.76 Å². The molecule has 0 aromatic carbocycles. The Morgan fingerprint density at radius 2 is 2.14 bits per heavy atom. The highest BCUT2D eigenvalue weighted by atomic mass is 32.9. The zero-order valence-electron chi connectivity index (χ0n) is 11.9. The minimum atomic E-state index is -2.01. The van der Waals surface area contributed by atoms with Crippen LogP contribution in [0.5, 0.6) is 0 Å². The maximum Gasteiger partial charge on any atom is 0.198 e. The molecular weight excluding hydrogens is 325 g/mol. The van der Waals surface area contributed by atoms with Gasteiger partial charge in [0.05, 0.1) is 13.2 Å². The Hall–Kier alpha value is -0.560. The number of nitrogens with zero attached hydrogens (tertiary/aromatic N) is 4. The molecule has 1 unspecified atom stereocenters. The predicted octanol–water partition coefficient (Wildman–Crippen LogP) is 1.92. The molecule has 1 aromatic heterocycles. The molecule has 1 saturated heterocycles. The van der Waals surface area contributed by atoms with E-state index in [0.717, 1.165) is 62.4 Å². The number of aromatic nitrogens is 2. The first-order valence-electron chi connectivity index (χ1n) is 7.17. The summed E-state index contributed by atoms with van der Waals surface area (Å²) in [5.41, 5.74) is -0.875. The quantitative estimate of drug-likeness (QED) is 0.787. The molecule has 1 N–H and O–H groups in total. The summed E-state index contributed by atoms with van der Waals surface area (Å²) < 4.78 is 12.7. The Morgan fingerprint density at radius 1 is 1.33 bits per heavy atom. The monoisotopic (exact) mass is 343 g/mol. The largest absolute Gasteiger partial charge is 0.378 e. The molecule has 3 aliphatic heterocycles. The van der Waals surface area contributed by atoms with Gasteiger partial charge in [-0.2, -0.15) is 0 Å². The van der Waals surface area contributed by atoms with E-state index in [1.54, 1.807) is 11.4 Å². The van der Waals surface area contributed by atoms with Crippen LogP contribution in [0.4, 0.5) is 5.82 Å². The molecule has 0 saturated carbocycles. The molecule has 4 heterocycles. The summed E-state index contributed by atoms with van der Waals surface area (Å²) in [5.74, 6) is 3.14. The molecule has 114 valence electrons. The highest BCUT2D eigenvalue weighted by molar-refractivity contribution is 8.70. The molecular formula is C12H18N5OPS2. The number of fused-ring (bicyclic) bond motifs is 3. The fourth-order valence-electron chi connectivity index (χ4n) is 3.04. The van der Waals surface area contributed by atoms with Crippen LogP contribution in [0.2, 0.25) is 0 Å². The second-order valence-corrected chi connectivity index (χ2v) is 12.1. The topological polar surface area (TPSA) is 54.7 Å². The first-order chi connectivity index (χ1) is 10.2. The Labute approximate surface area is 133 Å². The first-order valence-corrected chi connectivity index (χ1v) is 11.8. The molecule has 6 nitrogen and oxygen atoms in total. The van der Waals surface area contributed by atoms with Crippen LogP contribution in [-0.2, 0) is 29.5 Å². The van der Waals surface area contributed by atoms with E-state index in [-0.39, 0.29) is 0 Å². The molecule has 21 heavy (non-hydrogen) atoms. The van der Waals surface area contributed by atoms with Crippen molar-refractivity contribution in [1.29, 1.82) is 0 Å². The highest BCUT2D eigenvalue weighted by Crippen LogP contribution is 2.61. The van der Waals surface area contributed by atoms with Crippen molar-refractivity contribution in [1.82, 2.24) is 14.5 Å². The Bertz CT molecular complexity index is 652. The van der Waals surface area contributed by atoms with Crippen LogP contribution in [0.1, 0.15) is 17.9 Å². The van der Waals surface area contributed by atoms with Gasteiger partial charge in [-0.15, -0.1) is 0 Å². The van der Waals surface area contributed by atoms with Gasteiger partial charge in [-0.3, -0.25) is 0 Å². The zero-order chi connectivity index (χ0) is 14.4. The number of hydrogen-bond donors (Lipinski definition) is 1. The van der Waals surface area contributed by atoms with E-state index in [0.29, 0.717) is 0 Å². The SMILES string of the molecule is CSP1(=S)N=C(N2CCOCC2)c2c(nc3n2CCC3)N1. The molecule has 9 heteroatoms. The molecule has 0 aliphatic carbocycles. The standard InChI is InChI=1S/C12H18N5OPS2/c1-21-19(20)14-11-10(17-4-2-3-9(17)13-11)12(15-19)16-5-7-18-8-6-16/h2-8H2,1H3,(H,14,15,20). The molecule has 1 aromatic rings. The van der Waals surface area contributed by atoms with Crippen molar-refractivity contribution < 1.29 is 4.74 Å². The highest BCUT2D eigenvalue weighted by Gasteiger charge is 2.35.